The predicted molar refractivity (Wildman–Crippen MR) is 76.6 cm³/mol. The maximum atomic E-state index is 9.88. The molecule has 1 aromatic carbocycles. The number of ether oxygens (including phenoxy) is 2. The molecule has 0 radical (unpaired) electrons. The monoisotopic (exact) mass is 278 g/mol. The number of nitriles is 1. The largest absolute Gasteiger partial charge is 0.491 e. The zero-order chi connectivity index (χ0) is 14.8. The molecule has 0 saturated heterocycles. The summed E-state index contributed by atoms with van der Waals surface area (Å²) < 4.78 is 10.7. The average molecular weight is 278 g/mol. The van der Waals surface area contributed by atoms with E-state index in [9.17, 15) is 5.11 Å². The van der Waals surface area contributed by atoms with Gasteiger partial charge in [-0.25, -0.2) is 0 Å². The van der Waals surface area contributed by atoms with Crippen molar-refractivity contribution in [1.82, 2.24) is 4.90 Å². The molecular formula is C15H22N2O3. The quantitative estimate of drug-likeness (QED) is 0.689. The van der Waals surface area contributed by atoms with Crippen molar-refractivity contribution < 1.29 is 14.6 Å². The lowest BCUT2D eigenvalue weighted by Gasteiger charge is -2.20. The lowest BCUT2D eigenvalue weighted by molar-refractivity contribution is 0.0613. The molecule has 0 aromatic heterocycles. The number of nitrogens with zero attached hydrogens (tertiary/aromatic N) is 2. The molecule has 1 unspecified atom stereocenters. The summed E-state index contributed by atoms with van der Waals surface area (Å²) >= 11 is 0. The number of aliphatic hydroxyl groups is 1. The van der Waals surface area contributed by atoms with E-state index >= 15 is 0 Å². The third-order valence-electron chi connectivity index (χ3n) is 2.77. The molecule has 0 aliphatic rings. The molecule has 0 saturated carbocycles. The molecule has 0 heterocycles. The minimum Gasteiger partial charge on any atom is -0.491 e. The third kappa shape index (κ3) is 6.53. The highest BCUT2D eigenvalue weighted by molar-refractivity contribution is 5.34. The van der Waals surface area contributed by atoms with Crippen LogP contribution in [0.5, 0.6) is 5.75 Å². The van der Waals surface area contributed by atoms with E-state index in [1.54, 1.807) is 24.3 Å². The van der Waals surface area contributed by atoms with Gasteiger partial charge in [-0.2, -0.15) is 5.26 Å². The first kappa shape index (κ1) is 16.4. The van der Waals surface area contributed by atoms with Crippen molar-refractivity contribution in [2.45, 2.75) is 13.0 Å². The number of rotatable bonds is 9. The molecule has 0 aliphatic heterocycles. The Labute approximate surface area is 120 Å². The molecular weight excluding hydrogens is 256 g/mol. The Kier molecular flexibility index (Phi) is 7.66. The SMILES string of the molecule is CCOCCN(C)CC(O)COc1ccc(C#N)cc1. The van der Waals surface area contributed by atoms with E-state index < -0.39 is 6.10 Å². The van der Waals surface area contributed by atoms with Crippen molar-refractivity contribution in [3.05, 3.63) is 29.8 Å². The average Bonchev–Trinajstić information content (AvgIpc) is 2.46. The minimum absolute atomic E-state index is 0.227. The van der Waals surface area contributed by atoms with Gasteiger partial charge in [-0.1, -0.05) is 0 Å². The molecule has 1 aromatic rings. The Bertz CT molecular complexity index is 414. The first-order valence-corrected chi connectivity index (χ1v) is 6.73. The zero-order valence-electron chi connectivity index (χ0n) is 12.1. The van der Waals surface area contributed by atoms with Gasteiger partial charge in [0.2, 0.25) is 0 Å². The summed E-state index contributed by atoms with van der Waals surface area (Å²) in [6.45, 7) is 4.87. The Morgan fingerprint density at radius 1 is 1.35 bits per heavy atom. The van der Waals surface area contributed by atoms with Gasteiger partial charge >= 0.3 is 0 Å². The highest BCUT2D eigenvalue weighted by Crippen LogP contribution is 2.11. The van der Waals surface area contributed by atoms with E-state index in [1.165, 1.54) is 0 Å². The molecule has 0 aliphatic carbocycles. The summed E-state index contributed by atoms with van der Waals surface area (Å²) in [7, 11) is 1.93. The van der Waals surface area contributed by atoms with Crippen LogP contribution in [-0.4, -0.2) is 56.1 Å². The van der Waals surface area contributed by atoms with Gasteiger partial charge in [0, 0.05) is 19.7 Å². The molecule has 1 atom stereocenters. The van der Waals surface area contributed by atoms with Crippen LogP contribution in [-0.2, 0) is 4.74 Å². The Hall–Kier alpha value is -1.61. The zero-order valence-corrected chi connectivity index (χ0v) is 12.1. The fourth-order valence-electron chi connectivity index (χ4n) is 1.69. The smallest absolute Gasteiger partial charge is 0.119 e. The van der Waals surface area contributed by atoms with Crippen LogP contribution >= 0.6 is 0 Å². The van der Waals surface area contributed by atoms with Crippen LogP contribution in [0.2, 0.25) is 0 Å². The lowest BCUT2D eigenvalue weighted by atomic mass is 10.2. The first-order chi connectivity index (χ1) is 9.65. The summed E-state index contributed by atoms with van der Waals surface area (Å²) in [5.41, 5.74) is 0.591. The fraction of sp³-hybridized carbons (Fsp3) is 0.533. The predicted octanol–water partition coefficient (Wildman–Crippen LogP) is 1.27. The standard InChI is InChI=1S/C15H22N2O3/c1-3-19-9-8-17(2)11-14(18)12-20-15-6-4-13(10-16)5-7-15/h4-7,14,18H,3,8-9,11-12H2,1-2H3. The molecule has 5 heteroatoms. The molecule has 0 spiro atoms. The minimum atomic E-state index is -0.558. The molecule has 110 valence electrons. The Morgan fingerprint density at radius 3 is 2.65 bits per heavy atom. The molecule has 5 nitrogen and oxygen atoms in total. The van der Waals surface area contributed by atoms with E-state index in [1.807, 2.05) is 24.9 Å². The molecule has 0 fully saturated rings. The third-order valence-corrected chi connectivity index (χ3v) is 2.77. The van der Waals surface area contributed by atoms with Crippen LogP contribution < -0.4 is 4.74 Å². The number of benzene rings is 1. The van der Waals surface area contributed by atoms with Gasteiger partial charge in [-0.3, -0.25) is 0 Å². The summed E-state index contributed by atoms with van der Waals surface area (Å²) in [6, 6.07) is 8.88. The second-order valence-corrected chi connectivity index (χ2v) is 4.56. The van der Waals surface area contributed by atoms with E-state index in [-0.39, 0.29) is 6.61 Å². The van der Waals surface area contributed by atoms with Gasteiger partial charge in [0.25, 0.3) is 0 Å². The summed E-state index contributed by atoms with van der Waals surface area (Å²) in [6.07, 6.45) is -0.558. The van der Waals surface area contributed by atoms with Crippen molar-refractivity contribution in [1.29, 1.82) is 5.26 Å². The van der Waals surface area contributed by atoms with E-state index in [0.29, 0.717) is 31.1 Å². The maximum Gasteiger partial charge on any atom is 0.119 e. The molecule has 1 N–H and O–H groups in total. The number of likely N-dealkylation sites (N-methyl/N-ethyl adjacent to an activating group) is 1. The van der Waals surface area contributed by atoms with Crippen LogP contribution in [0.3, 0.4) is 0 Å². The molecule has 0 amide bonds. The van der Waals surface area contributed by atoms with Gasteiger partial charge in [-0.05, 0) is 38.2 Å². The van der Waals surface area contributed by atoms with Crippen LogP contribution in [0.15, 0.2) is 24.3 Å². The normalized spacial score (nSPS) is 12.2. The number of hydrogen-bond donors (Lipinski definition) is 1. The first-order valence-electron chi connectivity index (χ1n) is 6.73. The Morgan fingerprint density at radius 2 is 2.05 bits per heavy atom. The van der Waals surface area contributed by atoms with Gasteiger partial charge in [0.05, 0.1) is 18.2 Å². The molecule has 0 bridgehead atoms. The molecule has 1 rings (SSSR count). The van der Waals surface area contributed by atoms with E-state index in [2.05, 4.69) is 0 Å². The number of aliphatic hydroxyl groups excluding tert-OH is 1. The summed E-state index contributed by atoms with van der Waals surface area (Å²) in [4.78, 5) is 2.00. The summed E-state index contributed by atoms with van der Waals surface area (Å²) in [5.74, 6) is 0.653. The second kappa shape index (κ2) is 9.32. The van der Waals surface area contributed by atoms with Crippen molar-refractivity contribution >= 4 is 0 Å². The number of hydrogen-bond acceptors (Lipinski definition) is 5. The van der Waals surface area contributed by atoms with Crippen LogP contribution in [0, 0.1) is 11.3 Å². The van der Waals surface area contributed by atoms with E-state index in [0.717, 1.165) is 6.54 Å². The highest BCUT2D eigenvalue weighted by Gasteiger charge is 2.09. The summed E-state index contributed by atoms with van der Waals surface area (Å²) in [5, 5.41) is 18.6. The van der Waals surface area contributed by atoms with Crippen molar-refractivity contribution in [2.75, 3.05) is 40.0 Å². The van der Waals surface area contributed by atoms with Gasteiger partial charge in [0.15, 0.2) is 0 Å². The van der Waals surface area contributed by atoms with E-state index in [4.69, 9.17) is 14.7 Å². The van der Waals surface area contributed by atoms with Crippen molar-refractivity contribution in [3.8, 4) is 11.8 Å². The van der Waals surface area contributed by atoms with Crippen molar-refractivity contribution in [2.24, 2.45) is 0 Å². The van der Waals surface area contributed by atoms with Crippen LogP contribution in [0.1, 0.15) is 12.5 Å². The van der Waals surface area contributed by atoms with Gasteiger partial charge < -0.3 is 19.5 Å². The highest BCUT2D eigenvalue weighted by atomic mass is 16.5. The lowest BCUT2D eigenvalue weighted by Crippen LogP contribution is -2.35. The maximum absolute atomic E-state index is 9.88. The van der Waals surface area contributed by atoms with Crippen molar-refractivity contribution in [3.63, 3.8) is 0 Å². The topological polar surface area (TPSA) is 65.7 Å². The second-order valence-electron chi connectivity index (χ2n) is 4.56. The van der Waals surface area contributed by atoms with Crippen LogP contribution in [0.25, 0.3) is 0 Å². The fourth-order valence-corrected chi connectivity index (χ4v) is 1.69. The van der Waals surface area contributed by atoms with Gasteiger partial charge in [-0.15, -0.1) is 0 Å². The molecule has 20 heavy (non-hydrogen) atoms. The van der Waals surface area contributed by atoms with Crippen LogP contribution in [0.4, 0.5) is 0 Å². The van der Waals surface area contributed by atoms with Gasteiger partial charge in [0.1, 0.15) is 18.5 Å². The Balaban J connectivity index is 2.24.